The molecule has 4 heteroatoms. The number of rotatable bonds is 5. The first-order chi connectivity index (χ1) is 7.15. The molecule has 0 amide bonds. The van der Waals surface area contributed by atoms with Gasteiger partial charge >= 0.3 is 0 Å². The number of hydrogen-bond donors (Lipinski definition) is 1. The molecule has 84 valence electrons. The highest BCUT2D eigenvalue weighted by atomic mass is 19.1. The molecule has 0 radical (unpaired) electrons. The van der Waals surface area contributed by atoms with Gasteiger partial charge in [-0.1, -0.05) is 12.1 Å². The molecule has 0 aromatic heterocycles. The predicted octanol–water partition coefficient (Wildman–Crippen LogP) is 1.26. The van der Waals surface area contributed by atoms with Gasteiger partial charge in [0.15, 0.2) is 11.6 Å². The lowest BCUT2D eigenvalue weighted by Gasteiger charge is -2.13. The number of aliphatic hydroxyl groups excluding tert-OH is 1. The van der Waals surface area contributed by atoms with Gasteiger partial charge in [0.05, 0.1) is 6.61 Å². The zero-order valence-corrected chi connectivity index (χ0v) is 9.03. The second-order valence-corrected chi connectivity index (χ2v) is 3.54. The molecule has 1 aromatic carbocycles. The van der Waals surface area contributed by atoms with E-state index in [1.165, 1.54) is 6.07 Å². The van der Waals surface area contributed by atoms with Crippen LogP contribution in [0.5, 0.6) is 5.75 Å². The fourth-order valence-corrected chi connectivity index (χ4v) is 1.17. The van der Waals surface area contributed by atoms with Crippen LogP contribution in [0, 0.1) is 5.82 Å². The first-order valence-electron chi connectivity index (χ1n) is 4.81. The standard InChI is InChI=1S/C11H16FNO2/c1-13(2)6-7-15-11-9(8-14)4-3-5-10(11)12/h3-5,14H,6-8H2,1-2H3. The quantitative estimate of drug-likeness (QED) is 0.799. The first-order valence-corrected chi connectivity index (χ1v) is 4.81. The molecular formula is C11H16FNO2. The number of aliphatic hydroxyl groups is 1. The van der Waals surface area contributed by atoms with Gasteiger partial charge in [-0.2, -0.15) is 0 Å². The third-order valence-corrected chi connectivity index (χ3v) is 2.00. The van der Waals surface area contributed by atoms with Crippen molar-refractivity contribution in [1.29, 1.82) is 0 Å². The molecule has 1 aromatic rings. The number of ether oxygens (including phenoxy) is 1. The number of benzene rings is 1. The highest BCUT2D eigenvalue weighted by Crippen LogP contribution is 2.22. The third-order valence-electron chi connectivity index (χ3n) is 2.00. The van der Waals surface area contributed by atoms with Crippen LogP contribution in [0.1, 0.15) is 5.56 Å². The maximum atomic E-state index is 13.3. The molecule has 15 heavy (non-hydrogen) atoms. The van der Waals surface area contributed by atoms with Crippen LogP contribution in [-0.2, 0) is 6.61 Å². The summed E-state index contributed by atoms with van der Waals surface area (Å²) in [6, 6.07) is 4.53. The van der Waals surface area contributed by atoms with Crippen molar-refractivity contribution >= 4 is 0 Å². The summed E-state index contributed by atoms with van der Waals surface area (Å²) in [7, 11) is 3.83. The van der Waals surface area contributed by atoms with Gasteiger partial charge in [-0.3, -0.25) is 0 Å². The summed E-state index contributed by atoms with van der Waals surface area (Å²) in [5.74, 6) is -0.276. The first kappa shape index (κ1) is 11.9. The summed E-state index contributed by atoms with van der Waals surface area (Å²) in [5, 5.41) is 8.99. The smallest absolute Gasteiger partial charge is 0.165 e. The molecule has 0 saturated heterocycles. The van der Waals surface area contributed by atoms with Gasteiger partial charge < -0.3 is 14.7 Å². The second kappa shape index (κ2) is 5.68. The minimum absolute atomic E-state index is 0.154. The van der Waals surface area contributed by atoms with Gasteiger partial charge in [0.25, 0.3) is 0 Å². The minimum Gasteiger partial charge on any atom is -0.489 e. The van der Waals surface area contributed by atoms with E-state index in [0.29, 0.717) is 18.7 Å². The van der Waals surface area contributed by atoms with Crippen molar-refractivity contribution in [1.82, 2.24) is 4.90 Å². The minimum atomic E-state index is -0.430. The Labute approximate surface area is 89.1 Å². The zero-order valence-electron chi connectivity index (χ0n) is 9.03. The highest BCUT2D eigenvalue weighted by Gasteiger charge is 2.08. The molecular weight excluding hydrogens is 197 g/mol. The van der Waals surface area contributed by atoms with Crippen LogP contribution in [0.4, 0.5) is 4.39 Å². The van der Waals surface area contributed by atoms with Gasteiger partial charge in [-0.15, -0.1) is 0 Å². The Morgan fingerprint density at radius 3 is 2.73 bits per heavy atom. The van der Waals surface area contributed by atoms with Crippen molar-refractivity contribution in [2.45, 2.75) is 6.61 Å². The van der Waals surface area contributed by atoms with Crippen LogP contribution in [0.25, 0.3) is 0 Å². The van der Waals surface area contributed by atoms with E-state index in [9.17, 15) is 4.39 Å². The lowest BCUT2D eigenvalue weighted by Crippen LogP contribution is -2.20. The van der Waals surface area contributed by atoms with Gasteiger partial charge in [-0.05, 0) is 20.2 Å². The van der Waals surface area contributed by atoms with Crippen LogP contribution in [0.15, 0.2) is 18.2 Å². The highest BCUT2D eigenvalue weighted by molar-refractivity contribution is 5.34. The van der Waals surface area contributed by atoms with Gasteiger partial charge in [0.1, 0.15) is 6.61 Å². The Hall–Kier alpha value is -1.13. The SMILES string of the molecule is CN(C)CCOc1c(F)cccc1CO. The maximum Gasteiger partial charge on any atom is 0.165 e. The van der Waals surface area contributed by atoms with E-state index >= 15 is 0 Å². The number of halogens is 1. The van der Waals surface area contributed by atoms with Crippen molar-refractivity contribution in [3.8, 4) is 5.75 Å². The van der Waals surface area contributed by atoms with Crippen molar-refractivity contribution in [3.05, 3.63) is 29.6 Å². The summed E-state index contributed by atoms with van der Waals surface area (Å²) in [4.78, 5) is 1.94. The summed E-state index contributed by atoms with van der Waals surface area (Å²) >= 11 is 0. The van der Waals surface area contributed by atoms with Gasteiger partial charge in [0.2, 0.25) is 0 Å². The van der Waals surface area contributed by atoms with E-state index in [1.54, 1.807) is 12.1 Å². The summed E-state index contributed by atoms with van der Waals surface area (Å²) in [5.41, 5.74) is 0.480. The van der Waals surface area contributed by atoms with Gasteiger partial charge in [0, 0.05) is 12.1 Å². The second-order valence-electron chi connectivity index (χ2n) is 3.54. The van der Waals surface area contributed by atoms with Crippen LogP contribution in [0.3, 0.4) is 0 Å². The summed E-state index contributed by atoms with van der Waals surface area (Å²) < 4.78 is 18.6. The largest absolute Gasteiger partial charge is 0.489 e. The molecule has 0 aliphatic heterocycles. The van der Waals surface area contributed by atoms with Crippen molar-refractivity contribution in [2.75, 3.05) is 27.2 Å². The van der Waals surface area contributed by atoms with E-state index in [-0.39, 0.29) is 12.4 Å². The number of likely N-dealkylation sites (N-methyl/N-ethyl adjacent to an activating group) is 1. The van der Waals surface area contributed by atoms with Crippen LogP contribution in [-0.4, -0.2) is 37.3 Å². The Bertz CT molecular complexity index is 315. The monoisotopic (exact) mass is 213 g/mol. The number of para-hydroxylation sites is 1. The van der Waals surface area contributed by atoms with E-state index in [1.807, 2.05) is 19.0 Å². The molecule has 0 atom stereocenters. The molecule has 0 aliphatic carbocycles. The topological polar surface area (TPSA) is 32.7 Å². The van der Waals surface area contributed by atoms with Crippen molar-refractivity contribution in [2.24, 2.45) is 0 Å². The molecule has 1 N–H and O–H groups in total. The van der Waals surface area contributed by atoms with E-state index in [2.05, 4.69) is 0 Å². The fraction of sp³-hybridized carbons (Fsp3) is 0.455. The lowest BCUT2D eigenvalue weighted by molar-refractivity contribution is 0.235. The molecule has 0 spiro atoms. The average Bonchev–Trinajstić information content (AvgIpc) is 2.20. The number of hydrogen-bond acceptors (Lipinski definition) is 3. The van der Waals surface area contributed by atoms with Gasteiger partial charge in [-0.25, -0.2) is 4.39 Å². The zero-order chi connectivity index (χ0) is 11.3. The Balaban J connectivity index is 2.66. The molecule has 0 unspecified atom stereocenters. The molecule has 1 rings (SSSR count). The lowest BCUT2D eigenvalue weighted by atomic mass is 10.2. The third kappa shape index (κ3) is 3.49. The van der Waals surface area contributed by atoms with E-state index in [0.717, 1.165) is 0 Å². The van der Waals surface area contributed by atoms with Crippen LogP contribution >= 0.6 is 0 Å². The maximum absolute atomic E-state index is 13.3. The summed E-state index contributed by atoms with van der Waals surface area (Å²) in [6.07, 6.45) is 0. The fourth-order valence-electron chi connectivity index (χ4n) is 1.17. The molecule has 0 saturated carbocycles. The molecule has 0 fully saturated rings. The van der Waals surface area contributed by atoms with Crippen LogP contribution < -0.4 is 4.74 Å². The Morgan fingerprint density at radius 2 is 2.13 bits per heavy atom. The Morgan fingerprint density at radius 1 is 1.40 bits per heavy atom. The van der Waals surface area contributed by atoms with E-state index < -0.39 is 5.82 Å². The molecule has 0 heterocycles. The van der Waals surface area contributed by atoms with E-state index in [4.69, 9.17) is 9.84 Å². The summed E-state index contributed by atoms with van der Waals surface area (Å²) in [6.45, 7) is 0.898. The molecule has 3 nitrogen and oxygen atoms in total. The normalized spacial score (nSPS) is 10.7. The van der Waals surface area contributed by atoms with Crippen LogP contribution in [0.2, 0.25) is 0 Å². The average molecular weight is 213 g/mol. The number of nitrogens with zero attached hydrogens (tertiary/aromatic N) is 1. The molecule has 0 aliphatic rings. The van der Waals surface area contributed by atoms with Crippen molar-refractivity contribution in [3.63, 3.8) is 0 Å². The Kier molecular flexibility index (Phi) is 4.52. The van der Waals surface area contributed by atoms with Crippen molar-refractivity contribution < 1.29 is 14.2 Å². The predicted molar refractivity (Wildman–Crippen MR) is 56.4 cm³/mol. The molecule has 0 bridgehead atoms.